The number of allylic oxidation sites excluding steroid dienone is 1. The molecule has 1 heterocycles. The average Bonchev–Trinajstić information content (AvgIpc) is 3.63. The summed E-state index contributed by atoms with van der Waals surface area (Å²) in [5.41, 5.74) is 1.10. The molecule has 1 unspecified atom stereocenters. The number of hydrogen-bond acceptors (Lipinski definition) is 3. The average molecular weight is 457 g/mol. The van der Waals surface area contributed by atoms with Gasteiger partial charge >= 0.3 is 12.1 Å². The summed E-state index contributed by atoms with van der Waals surface area (Å²) in [6, 6.07) is 14.3. The molecule has 0 spiro atoms. The van der Waals surface area contributed by atoms with Gasteiger partial charge in [-0.05, 0) is 42.9 Å². The third-order valence-electron chi connectivity index (χ3n) is 6.00. The number of rotatable bonds is 6. The fraction of sp³-hybridized carbons (Fsp3) is 0.360. The van der Waals surface area contributed by atoms with Gasteiger partial charge < -0.3 is 15.0 Å². The lowest BCUT2D eigenvalue weighted by molar-refractivity contribution is -0.139. The number of nitrogens with zero attached hydrogens (tertiary/aromatic N) is 2. The first-order valence-electron chi connectivity index (χ1n) is 10.9. The number of benzene rings is 2. The standard InChI is InChI=1S/C25H26F3N3O2/c1-16-21(23(32)33-2)22(18-8-4-3-5-9-18)30-24(29-14-17-12-13-17)31(16)15-19-10-6-7-11-20(19)25(26,27)28/h3-11,17,22H,12-15H2,1-2H3,(H,29,30). The number of guanidine groups is 1. The molecule has 33 heavy (non-hydrogen) atoms. The van der Waals surface area contributed by atoms with Gasteiger partial charge in [0.1, 0.15) is 0 Å². The number of ether oxygens (including phenoxy) is 1. The van der Waals surface area contributed by atoms with E-state index >= 15 is 0 Å². The number of nitrogens with one attached hydrogen (secondary N) is 1. The third kappa shape index (κ3) is 5.05. The summed E-state index contributed by atoms with van der Waals surface area (Å²) < 4.78 is 46.0. The topological polar surface area (TPSA) is 53.9 Å². The summed E-state index contributed by atoms with van der Waals surface area (Å²) in [5, 5.41) is 3.31. The van der Waals surface area contributed by atoms with Gasteiger partial charge in [-0.15, -0.1) is 0 Å². The van der Waals surface area contributed by atoms with Crippen LogP contribution >= 0.6 is 0 Å². The summed E-state index contributed by atoms with van der Waals surface area (Å²) in [7, 11) is 1.30. The van der Waals surface area contributed by atoms with E-state index in [2.05, 4.69) is 5.32 Å². The third-order valence-corrected chi connectivity index (χ3v) is 6.00. The van der Waals surface area contributed by atoms with Crippen molar-refractivity contribution in [3.05, 3.63) is 82.6 Å². The summed E-state index contributed by atoms with van der Waals surface area (Å²) in [6.45, 7) is 2.23. The molecule has 1 atom stereocenters. The molecule has 4 rings (SSSR count). The number of methoxy groups -OCH3 is 1. The van der Waals surface area contributed by atoms with Gasteiger partial charge in [0.15, 0.2) is 5.96 Å². The predicted molar refractivity (Wildman–Crippen MR) is 119 cm³/mol. The molecule has 8 heteroatoms. The van der Waals surface area contributed by atoms with Crippen LogP contribution in [0.2, 0.25) is 0 Å². The number of carbonyl (C=O) groups excluding carboxylic acids is 1. The molecule has 0 aromatic heterocycles. The van der Waals surface area contributed by atoms with E-state index in [1.165, 1.54) is 19.2 Å². The highest BCUT2D eigenvalue weighted by molar-refractivity contribution is 5.96. The zero-order valence-corrected chi connectivity index (χ0v) is 18.5. The fourth-order valence-electron chi connectivity index (χ4n) is 4.01. The highest BCUT2D eigenvalue weighted by Crippen LogP contribution is 2.36. The molecule has 0 radical (unpaired) electrons. The monoisotopic (exact) mass is 457 g/mol. The van der Waals surface area contributed by atoms with Crippen molar-refractivity contribution >= 4 is 11.9 Å². The molecule has 1 aliphatic carbocycles. The minimum absolute atomic E-state index is 0.0833. The Morgan fingerprint density at radius 2 is 1.79 bits per heavy atom. The highest BCUT2D eigenvalue weighted by Gasteiger charge is 2.38. The van der Waals surface area contributed by atoms with Gasteiger partial charge in [-0.1, -0.05) is 48.5 Å². The molecule has 1 saturated carbocycles. The van der Waals surface area contributed by atoms with Crippen molar-refractivity contribution in [2.24, 2.45) is 10.9 Å². The van der Waals surface area contributed by atoms with Gasteiger partial charge in [-0.25, -0.2) is 4.79 Å². The molecule has 0 bridgehead atoms. The molecule has 2 aliphatic rings. The summed E-state index contributed by atoms with van der Waals surface area (Å²) in [4.78, 5) is 19.2. The minimum atomic E-state index is -4.49. The van der Waals surface area contributed by atoms with Crippen molar-refractivity contribution in [2.45, 2.75) is 38.5 Å². The van der Waals surface area contributed by atoms with E-state index in [9.17, 15) is 18.0 Å². The largest absolute Gasteiger partial charge is 0.466 e. The number of hydrogen-bond donors (Lipinski definition) is 1. The molecule has 1 N–H and O–H groups in total. The van der Waals surface area contributed by atoms with Gasteiger partial charge in [-0.3, -0.25) is 4.99 Å². The van der Waals surface area contributed by atoms with Gasteiger partial charge in [0.05, 0.1) is 30.8 Å². The Balaban J connectivity index is 1.80. The maximum Gasteiger partial charge on any atom is 0.416 e. The zero-order chi connectivity index (χ0) is 23.6. The molecule has 5 nitrogen and oxygen atoms in total. The lowest BCUT2D eigenvalue weighted by Crippen LogP contribution is -2.49. The Bertz CT molecular complexity index is 1080. The van der Waals surface area contributed by atoms with Crippen LogP contribution in [0.4, 0.5) is 13.2 Å². The van der Waals surface area contributed by atoms with Crippen LogP contribution in [0.25, 0.3) is 0 Å². The Kier molecular flexibility index (Phi) is 6.44. The molecular weight excluding hydrogens is 431 g/mol. The van der Waals surface area contributed by atoms with Crippen LogP contribution < -0.4 is 5.32 Å². The van der Waals surface area contributed by atoms with E-state index in [0.717, 1.165) is 24.5 Å². The Labute approximate surface area is 191 Å². The number of halogens is 3. The van der Waals surface area contributed by atoms with Crippen molar-refractivity contribution in [3.8, 4) is 0 Å². The first kappa shape index (κ1) is 22.9. The van der Waals surface area contributed by atoms with Gasteiger partial charge in [0.25, 0.3) is 0 Å². The fourth-order valence-corrected chi connectivity index (χ4v) is 4.01. The molecule has 0 saturated heterocycles. The van der Waals surface area contributed by atoms with E-state index in [1.807, 2.05) is 30.3 Å². The summed E-state index contributed by atoms with van der Waals surface area (Å²) in [6.07, 6.45) is -2.30. The van der Waals surface area contributed by atoms with Crippen LogP contribution in [0.5, 0.6) is 0 Å². The Morgan fingerprint density at radius 1 is 1.12 bits per heavy atom. The van der Waals surface area contributed by atoms with Crippen molar-refractivity contribution in [1.82, 2.24) is 10.2 Å². The second kappa shape index (κ2) is 9.29. The summed E-state index contributed by atoms with van der Waals surface area (Å²) in [5.74, 6) is 0.409. The molecule has 174 valence electrons. The quantitative estimate of drug-likeness (QED) is 0.616. The van der Waals surface area contributed by atoms with Crippen molar-refractivity contribution in [2.75, 3.05) is 13.7 Å². The molecule has 0 amide bonds. The van der Waals surface area contributed by atoms with Crippen LogP contribution in [0.1, 0.15) is 42.5 Å². The van der Waals surface area contributed by atoms with Crippen molar-refractivity contribution in [3.63, 3.8) is 0 Å². The highest BCUT2D eigenvalue weighted by atomic mass is 19.4. The first-order chi connectivity index (χ1) is 15.8. The number of carbonyl (C=O) groups is 1. The molecule has 1 aliphatic heterocycles. The number of aliphatic imine (C=N–C) groups is 1. The van der Waals surface area contributed by atoms with E-state index in [-0.39, 0.29) is 12.1 Å². The van der Waals surface area contributed by atoms with Crippen molar-refractivity contribution in [1.29, 1.82) is 0 Å². The van der Waals surface area contributed by atoms with Crippen LogP contribution in [-0.4, -0.2) is 30.5 Å². The van der Waals surface area contributed by atoms with Gasteiger partial charge in [0, 0.05) is 12.2 Å². The lowest BCUT2D eigenvalue weighted by Gasteiger charge is -2.38. The number of alkyl halides is 3. The van der Waals surface area contributed by atoms with E-state index in [1.54, 1.807) is 17.9 Å². The van der Waals surface area contributed by atoms with E-state index in [0.29, 0.717) is 29.7 Å². The second-order valence-corrected chi connectivity index (χ2v) is 8.33. The van der Waals surface area contributed by atoms with Crippen molar-refractivity contribution < 1.29 is 22.7 Å². The first-order valence-corrected chi connectivity index (χ1v) is 10.9. The van der Waals surface area contributed by atoms with Gasteiger partial charge in [-0.2, -0.15) is 13.2 Å². The van der Waals surface area contributed by atoms with Crippen LogP contribution in [0.15, 0.2) is 70.9 Å². The van der Waals surface area contributed by atoms with Crippen LogP contribution in [0.3, 0.4) is 0 Å². The zero-order valence-electron chi connectivity index (χ0n) is 18.5. The van der Waals surface area contributed by atoms with E-state index in [4.69, 9.17) is 9.73 Å². The number of esters is 1. The second-order valence-electron chi connectivity index (χ2n) is 8.33. The normalized spacial score (nSPS) is 20.1. The minimum Gasteiger partial charge on any atom is -0.466 e. The SMILES string of the molecule is COC(=O)C1=C(C)N(Cc2ccccc2C(F)(F)F)C(=NCC2CC2)NC1c1ccccc1. The lowest BCUT2D eigenvalue weighted by atomic mass is 9.94. The smallest absolute Gasteiger partial charge is 0.416 e. The predicted octanol–water partition coefficient (Wildman–Crippen LogP) is 5.06. The Hall–Kier alpha value is -3.29. The van der Waals surface area contributed by atoms with Crippen LogP contribution in [-0.2, 0) is 22.3 Å². The molecule has 1 fully saturated rings. The Morgan fingerprint density at radius 3 is 2.42 bits per heavy atom. The van der Waals surface area contributed by atoms with Gasteiger partial charge in [0.2, 0.25) is 0 Å². The molecular formula is C25H26F3N3O2. The summed E-state index contributed by atoms with van der Waals surface area (Å²) >= 11 is 0. The van der Waals surface area contributed by atoms with Crippen LogP contribution in [0, 0.1) is 5.92 Å². The molecule has 2 aromatic carbocycles. The molecule has 2 aromatic rings. The maximum atomic E-state index is 13.7. The van der Waals surface area contributed by atoms with E-state index < -0.39 is 23.8 Å². The maximum absolute atomic E-state index is 13.7.